The Morgan fingerprint density at radius 2 is 1.54 bits per heavy atom. The van der Waals surface area contributed by atoms with E-state index in [2.05, 4.69) is 24.0 Å². The fraction of sp³-hybridized carbons (Fsp3) is 0.273. The highest BCUT2D eigenvalue weighted by Gasteiger charge is 2.03. The number of ether oxygens (including phenoxy) is 1. The second-order valence-electron chi connectivity index (χ2n) is 6.03. The maximum absolute atomic E-state index is 12.0. The maximum Gasteiger partial charge on any atom is 0.330 e. The predicted octanol–water partition coefficient (Wildman–Crippen LogP) is 4.97. The minimum atomic E-state index is -0.386. The summed E-state index contributed by atoms with van der Waals surface area (Å²) in [4.78, 5) is 22.9. The van der Waals surface area contributed by atoms with Crippen LogP contribution in [0, 0.1) is 0 Å². The van der Waals surface area contributed by atoms with Gasteiger partial charge in [0.05, 0.1) is 6.61 Å². The van der Waals surface area contributed by atoms with E-state index < -0.39 is 0 Å². The number of unbranched alkanes of at least 4 members (excludes halogenated alkanes) is 3. The smallest absolute Gasteiger partial charge is 0.330 e. The van der Waals surface area contributed by atoms with Gasteiger partial charge in [0.15, 0.2) is 0 Å². The SMILES string of the molecule is C=CC(=O)OCCCCCCC(=O)Nc1ccc(-c2ccccc2)cc1. The molecule has 2 aromatic rings. The molecule has 0 fully saturated rings. The fourth-order valence-electron chi connectivity index (χ4n) is 2.57. The molecule has 0 heterocycles. The quantitative estimate of drug-likeness (QED) is 0.373. The summed E-state index contributed by atoms with van der Waals surface area (Å²) in [6.45, 7) is 3.75. The number of hydrogen-bond donors (Lipinski definition) is 1. The van der Waals surface area contributed by atoms with Gasteiger partial charge in [-0.3, -0.25) is 4.79 Å². The highest BCUT2D eigenvalue weighted by molar-refractivity contribution is 5.90. The minimum absolute atomic E-state index is 0.0237. The molecule has 0 aromatic heterocycles. The number of rotatable bonds is 10. The molecule has 0 aliphatic heterocycles. The van der Waals surface area contributed by atoms with Crippen LogP contribution in [0.15, 0.2) is 67.3 Å². The Labute approximate surface area is 154 Å². The van der Waals surface area contributed by atoms with E-state index in [1.165, 1.54) is 0 Å². The molecule has 0 bridgehead atoms. The van der Waals surface area contributed by atoms with Crippen LogP contribution in [0.25, 0.3) is 11.1 Å². The molecule has 2 aromatic carbocycles. The zero-order valence-electron chi connectivity index (χ0n) is 14.9. The Hall–Kier alpha value is -2.88. The summed E-state index contributed by atoms with van der Waals surface area (Å²) in [7, 11) is 0. The number of carbonyl (C=O) groups excluding carboxylic acids is 2. The lowest BCUT2D eigenvalue weighted by atomic mass is 10.1. The Bertz CT molecular complexity index is 708. The van der Waals surface area contributed by atoms with E-state index >= 15 is 0 Å². The number of esters is 1. The first-order chi connectivity index (χ1) is 12.7. The minimum Gasteiger partial charge on any atom is -0.463 e. The summed E-state index contributed by atoms with van der Waals surface area (Å²) < 4.78 is 4.90. The monoisotopic (exact) mass is 351 g/mol. The van der Waals surface area contributed by atoms with Gasteiger partial charge >= 0.3 is 5.97 Å². The van der Waals surface area contributed by atoms with Crippen LogP contribution in [0.5, 0.6) is 0 Å². The lowest BCUT2D eigenvalue weighted by Gasteiger charge is -2.07. The van der Waals surface area contributed by atoms with Crippen LogP contribution in [0.4, 0.5) is 5.69 Å². The summed E-state index contributed by atoms with van der Waals surface area (Å²) in [5, 5.41) is 2.93. The van der Waals surface area contributed by atoms with Gasteiger partial charge in [0.2, 0.25) is 5.91 Å². The summed E-state index contributed by atoms with van der Waals surface area (Å²) in [5.41, 5.74) is 3.09. The molecule has 4 nitrogen and oxygen atoms in total. The first-order valence-electron chi connectivity index (χ1n) is 8.93. The van der Waals surface area contributed by atoms with Gasteiger partial charge in [-0.25, -0.2) is 4.79 Å². The Morgan fingerprint density at radius 3 is 2.23 bits per heavy atom. The number of benzene rings is 2. The van der Waals surface area contributed by atoms with E-state index in [1.807, 2.05) is 42.5 Å². The average Bonchev–Trinajstić information content (AvgIpc) is 2.68. The fourth-order valence-corrected chi connectivity index (χ4v) is 2.57. The third-order valence-electron chi connectivity index (χ3n) is 3.98. The van der Waals surface area contributed by atoms with E-state index in [-0.39, 0.29) is 11.9 Å². The molecule has 0 unspecified atom stereocenters. The highest BCUT2D eigenvalue weighted by Crippen LogP contribution is 2.21. The first-order valence-corrected chi connectivity index (χ1v) is 8.93. The van der Waals surface area contributed by atoms with Gasteiger partial charge in [-0.2, -0.15) is 0 Å². The number of nitrogens with one attached hydrogen (secondary N) is 1. The van der Waals surface area contributed by atoms with Crippen LogP contribution in [0.1, 0.15) is 32.1 Å². The molecular weight excluding hydrogens is 326 g/mol. The van der Waals surface area contributed by atoms with Crippen LogP contribution in [-0.2, 0) is 14.3 Å². The molecule has 26 heavy (non-hydrogen) atoms. The maximum atomic E-state index is 12.0. The Balaban J connectivity index is 1.63. The van der Waals surface area contributed by atoms with Crippen molar-refractivity contribution in [3.05, 3.63) is 67.3 Å². The Kier molecular flexibility index (Phi) is 8.13. The molecule has 0 spiro atoms. The van der Waals surface area contributed by atoms with Crippen molar-refractivity contribution in [2.75, 3.05) is 11.9 Å². The van der Waals surface area contributed by atoms with Gasteiger partial charge in [-0.1, -0.05) is 61.9 Å². The van der Waals surface area contributed by atoms with E-state index in [0.717, 1.165) is 48.6 Å². The number of hydrogen-bond acceptors (Lipinski definition) is 3. The summed E-state index contributed by atoms with van der Waals surface area (Å²) in [6, 6.07) is 18.0. The highest BCUT2D eigenvalue weighted by atomic mass is 16.5. The molecule has 2 rings (SSSR count). The van der Waals surface area contributed by atoms with Gasteiger partial charge < -0.3 is 10.1 Å². The molecular formula is C22H25NO3. The van der Waals surface area contributed by atoms with Crippen LogP contribution < -0.4 is 5.32 Å². The van der Waals surface area contributed by atoms with Crippen molar-refractivity contribution in [1.29, 1.82) is 0 Å². The predicted molar refractivity (Wildman–Crippen MR) is 105 cm³/mol. The van der Waals surface area contributed by atoms with Crippen LogP contribution in [-0.4, -0.2) is 18.5 Å². The van der Waals surface area contributed by atoms with Crippen molar-refractivity contribution in [1.82, 2.24) is 0 Å². The topological polar surface area (TPSA) is 55.4 Å². The van der Waals surface area contributed by atoms with Crippen molar-refractivity contribution in [3.8, 4) is 11.1 Å². The van der Waals surface area contributed by atoms with Crippen molar-refractivity contribution < 1.29 is 14.3 Å². The summed E-state index contributed by atoms with van der Waals surface area (Å²) >= 11 is 0. The second kappa shape index (κ2) is 10.9. The number of anilines is 1. The van der Waals surface area contributed by atoms with E-state index in [1.54, 1.807) is 0 Å². The van der Waals surface area contributed by atoms with Crippen LogP contribution >= 0.6 is 0 Å². The molecule has 1 amide bonds. The van der Waals surface area contributed by atoms with Crippen molar-refractivity contribution in [2.24, 2.45) is 0 Å². The third-order valence-corrected chi connectivity index (χ3v) is 3.98. The van der Waals surface area contributed by atoms with E-state index in [0.29, 0.717) is 13.0 Å². The largest absolute Gasteiger partial charge is 0.463 e. The summed E-state index contributed by atoms with van der Waals surface area (Å²) in [6.07, 6.45) is 5.16. The molecule has 0 radical (unpaired) electrons. The van der Waals surface area contributed by atoms with Gasteiger partial charge in [-0.05, 0) is 36.1 Å². The first kappa shape index (κ1) is 19.4. The standard InChI is InChI=1S/C22H25NO3/c1-2-22(25)26-17-9-4-3-8-12-21(24)23-20-15-13-19(14-16-20)18-10-6-5-7-11-18/h2,5-7,10-11,13-16H,1,3-4,8-9,12,17H2,(H,23,24). The number of amides is 1. The molecule has 0 aliphatic rings. The van der Waals surface area contributed by atoms with Gasteiger partial charge in [-0.15, -0.1) is 0 Å². The molecule has 0 aliphatic carbocycles. The number of carbonyl (C=O) groups is 2. The van der Waals surface area contributed by atoms with Crippen LogP contribution in [0.2, 0.25) is 0 Å². The zero-order chi connectivity index (χ0) is 18.6. The van der Waals surface area contributed by atoms with Crippen molar-refractivity contribution in [2.45, 2.75) is 32.1 Å². The van der Waals surface area contributed by atoms with Gasteiger partial charge in [0.25, 0.3) is 0 Å². The molecule has 1 N–H and O–H groups in total. The molecule has 136 valence electrons. The van der Waals surface area contributed by atoms with E-state index in [4.69, 9.17) is 4.74 Å². The Morgan fingerprint density at radius 1 is 0.885 bits per heavy atom. The molecule has 0 saturated carbocycles. The normalized spacial score (nSPS) is 10.2. The summed E-state index contributed by atoms with van der Waals surface area (Å²) in [5.74, 6) is -0.363. The lowest BCUT2D eigenvalue weighted by molar-refractivity contribution is -0.137. The van der Waals surface area contributed by atoms with Crippen LogP contribution in [0.3, 0.4) is 0 Å². The average molecular weight is 351 g/mol. The van der Waals surface area contributed by atoms with Crippen molar-refractivity contribution in [3.63, 3.8) is 0 Å². The van der Waals surface area contributed by atoms with Gasteiger partial charge in [0, 0.05) is 18.2 Å². The lowest BCUT2D eigenvalue weighted by Crippen LogP contribution is -2.11. The second-order valence-corrected chi connectivity index (χ2v) is 6.03. The molecule has 4 heteroatoms. The third kappa shape index (κ3) is 6.93. The van der Waals surface area contributed by atoms with Crippen molar-refractivity contribution >= 4 is 17.6 Å². The van der Waals surface area contributed by atoms with Gasteiger partial charge in [0.1, 0.15) is 0 Å². The molecule has 0 saturated heterocycles. The van der Waals surface area contributed by atoms with E-state index in [9.17, 15) is 9.59 Å². The zero-order valence-corrected chi connectivity index (χ0v) is 14.9. The molecule has 0 atom stereocenters.